The number of ketones is 6. The normalized spacial score (nSPS) is 18.2. The molecule has 3 aliphatic rings. The molecule has 1 aromatic rings. The van der Waals surface area contributed by atoms with Crippen LogP contribution in [0, 0.1) is 10.8 Å². The Balaban J connectivity index is 2.09. The standard InChI is InChI=1S/C21H11N5O6/c22-20-24-19(13-7-10(27)1-4-16(13)30)25(14-8-11(28)2-5-17(14)31)21(23)26(20)15-9-12(29)3-6-18(15)32/h1-9,22-23H. The van der Waals surface area contributed by atoms with Gasteiger partial charge in [-0.2, -0.15) is 4.98 Å². The number of nitrogens with one attached hydrogen (secondary N) is 2. The van der Waals surface area contributed by atoms with Crippen LogP contribution in [0.2, 0.25) is 0 Å². The molecule has 4 rings (SSSR count). The lowest BCUT2D eigenvalue weighted by Crippen LogP contribution is -2.45. The third-order valence-electron chi connectivity index (χ3n) is 4.59. The van der Waals surface area contributed by atoms with E-state index in [4.69, 9.17) is 10.8 Å². The van der Waals surface area contributed by atoms with E-state index in [0.717, 1.165) is 59.3 Å². The van der Waals surface area contributed by atoms with E-state index in [1.807, 2.05) is 0 Å². The maximum absolute atomic E-state index is 12.5. The molecule has 1 aromatic heterocycles. The predicted molar refractivity (Wildman–Crippen MR) is 106 cm³/mol. The maximum Gasteiger partial charge on any atom is 0.231 e. The monoisotopic (exact) mass is 429 g/mol. The van der Waals surface area contributed by atoms with E-state index in [1.165, 1.54) is 0 Å². The summed E-state index contributed by atoms with van der Waals surface area (Å²) in [6.07, 6.45) is 8.62. The van der Waals surface area contributed by atoms with Crippen molar-refractivity contribution >= 4 is 51.7 Å². The van der Waals surface area contributed by atoms with Gasteiger partial charge in [-0.05, 0) is 36.5 Å². The van der Waals surface area contributed by atoms with E-state index in [1.54, 1.807) is 0 Å². The van der Waals surface area contributed by atoms with Crippen molar-refractivity contribution in [2.24, 2.45) is 0 Å². The van der Waals surface area contributed by atoms with Gasteiger partial charge in [0.1, 0.15) is 11.4 Å². The molecule has 1 heterocycles. The van der Waals surface area contributed by atoms with Crippen molar-refractivity contribution in [3.8, 4) is 0 Å². The van der Waals surface area contributed by atoms with Crippen LogP contribution in [0.25, 0.3) is 17.0 Å². The Kier molecular flexibility index (Phi) is 4.70. The number of rotatable bonds is 3. The number of nitrogens with zero attached hydrogens (tertiary/aromatic N) is 3. The topological polar surface area (TPSA) is 173 Å². The Hall–Kier alpha value is -4.93. The minimum atomic E-state index is -0.721. The molecule has 0 aliphatic heterocycles. The first-order valence-electron chi connectivity index (χ1n) is 8.98. The van der Waals surface area contributed by atoms with Gasteiger partial charge < -0.3 is 0 Å². The molecule has 11 nitrogen and oxygen atoms in total. The summed E-state index contributed by atoms with van der Waals surface area (Å²) < 4.78 is 1.48. The highest BCUT2D eigenvalue weighted by Crippen LogP contribution is 2.20. The summed E-state index contributed by atoms with van der Waals surface area (Å²) in [5.74, 6) is -4.27. The first-order chi connectivity index (χ1) is 15.2. The van der Waals surface area contributed by atoms with E-state index in [9.17, 15) is 28.8 Å². The van der Waals surface area contributed by atoms with E-state index in [2.05, 4.69) is 4.98 Å². The van der Waals surface area contributed by atoms with Crippen molar-refractivity contribution in [1.82, 2.24) is 14.1 Å². The van der Waals surface area contributed by atoms with Crippen LogP contribution in [0.15, 0.2) is 54.7 Å². The zero-order valence-electron chi connectivity index (χ0n) is 16.0. The molecule has 0 atom stereocenters. The minimum absolute atomic E-state index is 0.317. The van der Waals surface area contributed by atoms with Gasteiger partial charge in [0.25, 0.3) is 0 Å². The van der Waals surface area contributed by atoms with Gasteiger partial charge in [0.05, 0.1) is 5.57 Å². The van der Waals surface area contributed by atoms with Gasteiger partial charge in [0.15, 0.2) is 29.0 Å². The molecular formula is C21H11N5O6. The van der Waals surface area contributed by atoms with Crippen molar-refractivity contribution in [3.05, 3.63) is 71.7 Å². The average Bonchev–Trinajstić information content (AvgIpc) is 2.74. The lowest BCUT2D eigenvalue weighted by atomic mass is 10.0. The van der Waals surface area contributed by atoms with Crippen LogP contribution in [-0.2, 0) is 28.8 Å². The molecule has 3 aliphatic carbocycles. The highest BCUT2D eigenvalue weighted by molar-refractivity contribution is 6.35. The van der Waals surface area contributed by atoms with E-state index >= 15 is 0 Å². The molecule has 32 heavy (non-hydrogen) atoms. The van der Waals surface area contributed by atoms with Gasteiger partial charge in [0, 0.05) is 18.2 Å². The lowest BCUT2D eigenvalue weighted by Gasteiger charge is -2.20. The molecule has 0 unspecified atom stereocenters. The fourth-order valence-corrected chi connectivity index (χ4v) is 3.17. The van der Waals surface area contributed by atoms with Crippen LogP contribution in [0.5, 0.6) is 0 Å². The summed E-state index contributed by atoms with van der Waals surface area (Å²) in [7, 11) is 0. The van der Waals surface area contributed by atoms with Crippen molar-refractivity contribution in [1.29, 1.82) is 10.8 Å². The first-order valence-corrected chi connectivity index (χ1v) is 8.98. The highest BCUT2D eigenvalue weighted by atomic mass is 16.2. The summed E-state index contributed by atoms with van der Waals surface area (Å²) >= 11 is 0. The van der Waals surface area contributed by atoms with Crippen LogP contribution in [0.1, 0.15) is 5.82 Å². The fraction of sp³-hybridized carbons (Fsp3) is 0. The Morgan fingerprint density at radius 1 is 0.594 bits per heavy atom. The van der Waals surface area contributed by atoms with Gasteiger partial charge in [-0.1, -0.05) is 0 Å². The third-order valence-corrected chi connectivity index (χ3v) is 4.59. The Labute approximate surface area is 177 Å². The molecule has 0 amide bonds. The number of allylic oxidation sites excluding steroid dienone is 12. The van der Waals surface area contributed by atoms with Crippen molar-refractivity contribution in [2.75, 3.05) is 0 Å². The Bertz CT molecular complexity index is 1500. The van der Waals surface area contributed by atoms with Gasteiger partial charge in [-0.25, -0.2) is 4.57 Å². The van der Waals surface area contributed by atoms with Crippen molar-refractivity contribution in [2.45, 2.75) is 0 Å². The Morgan fingerprint density at radius 2 is 1.06 bits per heavy atom. The average molecular weight is 429 g/mol. The summed E-state index contributed by atoms with van der Waals surface area (Å²) in [6.45, 7) is 0. The van der Waals surface area contributed by atoms with Crippen molar-refractivity contribution in [3.63, 3.8) is 0 Å². The van der Waals surface area contributed by atoms with Crippen LogP contribution < -0.4 is 11.2 Å². The van der Waals surface area contributed by atoms with Crippen LogP contribution in [-0.4, -0.2) is 48.8 Å². The number of hydrogen-bond donors (Lipinski definition) is 2. The van der Waals surface area contributed by atoms with Gasteiger partial charge >= 0.3 is 0 Å². The van der Waals surface area contributed by atoms with E-state index in [-0.39, 0.29) is 17.0 Å². The second-order valence-corrected chi connectivity index (χ2v) is 6.67. The highest BCUT2D eigenvalue weighted by Gasteiger charge is 2.28. The molecular weight excluding hydrogens is 418 g/mol. The zero-order valence-corrected chi connectivity index (χ0v) is 16.0. The molecule has 156 valence electrons. The smallest absolute Gasteiger partial charge is 0.231 e. The molecule has 0 aromatic carbocycles. The molecule has 0 saturated heterocycles. The Morgan fingerprint density at radius 3 is 1.62 bits per heavy atom. The SMILES string of the molecule is N=c1nc(C2=CC(=O)C=CC2=O)n(C2=CC(=O)C=CC2=O)c(=N)n1C1=CC(=O)C=CC1=O. The second kappa shape index (κ2) is 7.40. The van der Waals surface area contributed by atoms with Crippen LogP contribution >= 0.6 is 0 Å². The first kappa shape index (κ1) is 20.3. The molecule has 0 spiro atoms. The minimum Gasteiger partial charge on any atom is -0.290 e. The molecule has 2 N–H and O–H groups in total. The molecule has 0 saturated carbocycles. The van der Waals surface area contributed by atoms with Gasteiger partial charge in [0.2, 0.25) is 22.8 Å². The number of aromatic nitrogens is 3. The largest absolute Gasteiger partial charge is 0.290 e. The number of hydrogen-bond acceptors (Lipinski definition) is 9. The zero-order chi connectivity index (χ0) is 23.2. The summed E-state index contributed by atoms with van der Waals surface area (Å²) in [5.41, 5.74) is -2.53. The van der Waals surface area contributed by atoms with E-state index in [0.29, 0.717) is 4.57 Å². The molecule has 0 radical (unpaired) electrons. The van der Waals surface area contributed by atoms with Crippen LogP contribution in [0.4, 0.5) is 0 Å². The number of carbonyl (C=O) groups is 6. The number of carbonyl (C=O) groups excluding carboxylic acids is 6. The quantitative estimate of drug-likeness (QED) is 0.570. The second-order valence-electron chi connectivity index (χ2n) is 6.67. The van der Waals surface area contributed by atoms with Crippen LogP contribution in [0.3, 0.4) is 0 Å². The third kappa shape index (κ3) is 3.33. The molecule has 11 heteroatoms. The van der Waals surface area contributed by atoms with Gasteiger partial charge in [-0.15, -0.1) is 0 Å². The van der Waals surface area contributed by atoms with Crippen molar-refractivity contribution < 1.29 is 28.8 Å². The summed E-state index contributed by atoms with van der Waals surface area (Å²) in [5, 5.41) is 16.9. The fourth-order valence-electron chi connectivity index (χ4n) is 3.17. The van der Waals surface area contributed by atoms with Gasteiger partial charge in [-0.3, -0.25) is 44.2 Å². The predicted octanol–water partition coefficient (Wildman–Crippen LogP) is -1.17. The summed E-state index contributed by atoms with van der Waals surface area (Å²) in [6, 6.07) is 0. The maximum atomic E-state index is 12.5. The summed E-state index contributed by atoms with van der Waals surface area (Å²) in [4.78, 5) is 76.8. The molecule has 0 fully saturated rings. The van der Waals surface area contributed by atoms with E-state index < -0.39 is 51.8 Å². The molecule has 0 bridgehead atoms. The lowest BCUT2D eigenvalue weighted by molar-refractivity contribution is -0.113.